The number of benzene rings is 2. The van der Waals surface area contributed by atoms with E-state index < -0.39 is 17.9 Å². The number of carbonyl (C=O) groups excluding carboxylic acids is 2. The molecule has 0 saturated carbocycles. The van der Waals surface area contributed by atoms with E-state index in [2.05, 4.69) is 0 Å². The van der Waals surface area contributed by atoms with Gasteiger partial charge < -0.3 is 33.2 Å². The quantitative estimate of drug-likeness (QED) is 0.544. The molecule has 9 heteroatoms. The molecule has 5 rings (SSSR count). The number of ether oxygens (including phenoxy) is 7. The molecule has 0 aromatic heterocycles. The number of hydrogen-bond acceptors (Lipinski definition) is 9. The summed E-state index contributed by atoms with van der Waals surface area (Å²) in [5.74, 6) is 0.542. The average molecular weight is 485 g/mol. The van der Waals surface area contributed by atoms with Crippen LogP contribution in [0.2, 0.25) is 0 Å². The molecular formula is C26H28O9. The Morgan fingerprint density at radius 2 is 1.60 bits per heavy atom. The van der Waals surface area contributed by atoms with E-state index >= 15 is 0 Å². The van der Waals surface area contributed by atoms with Crippen LogP contribution in [0.3, 0.4) is 0 Å². The van der Waals surface area contributed by atoms with Gasteiger partial charge in [0, 0.05) is 23.8 Å². The van der Waals surface area contributed by atoms with Gasteiger partial charge in [-0.25, -0.2) is 0 Å². The van der Waals surface area contributed by atoms with Crippen LogP contribution in [-0.2, 0) is 19.1 Å². The topological polar surface area (TPSA) is 98.8 Å². The molecule has 3 aliphatic rings. The van der Waals surface area contributed by atoms with Crippen LogP contribution >= 0.6 is 0 Å². The summed E-state index contributed by atoms with van der Waals surface area (Å²) in [7, 11) is 4.63. The van der Waals surface area contributed by atoms with E-state index in [-0.39, 0.29) is 31.3 Å². The van der Waals surface area contributed by atoms with Gasteiger partial charge in [-0.3, -0.25) is 9.59 Å². The van der Waals surface area contributed by atoms with Crippen LogP contribution in [-0.4, -0.2) is 46.7 Å². The van der Waals surface area contributed by atoms with Crippen LogP contribution in [0.15, 0.2) is 24.3 Å². The second-order valence-corrected chi connectivity index (χ2v) is 8.75. The van der Waals surface area contributed by atoms with E-state index in [0.29, 0.717) is 41.6 Å². The van der Waals surface area contributed by atoms with Gasteiger partial charge in [0.25, 0.3) is 0 Å². The average Bonchev–Trinajstić information content (AvgIpc) is 3.48. The third-order valence-corrected chi connectivity index (χ3v) is 6.88. The highest BCUT2D eigenvalue weighted by Gasteiger charge is 2.54. The number of fused-ring (bicyclic) bond motifs is 3. The largest absolute Gasteiger partial charge is 0.493 e. The minimum atomic E-state index is -0.645. The lowest BCUT2D eigenvalue weighted by molar-refractivity contribution is -0.154. The molecule has 0 N–H and O–H groups in total. The molecule has 0 unspecified atom stereocenters. The molecule has 9 nitrogen and oxygen atoms in total. The second kappa shape index (κ2) is 9.20. The third kappa shape index (κ3) is 3.79. The molecule has 0 spiro atoms. The van der Waals surface area contributed by atoms with Crippen molar-refractivity contribution in [2.24, 2.45) is 11.8 Å². The monoisotopic (exact) mass is 484 g/mol. The zero-order valence-corrected chi connectivity index (χ0v) is 20.1. The van der Waals surface area contributed by atoms with Crippen molar-refractivity contribution < 1.29 is 42.7 Å². The normalized spacial score (nSPS) is 23.7. The fourth-order valence-corrected chi connectivity index (χ4v) is 5.35. The molecule has 1 aliphatic carbocycles. The first-order valence-electron chi connectivity index (χ1n) is 11.6. The lowest BCUT2D eigenvalue weighted by Crippen LogP contribution is -2.36. The molecule has 2 aromatic rings. The van der Waals surface area contributed by atoms with E-state index in [1.165, 1.54) is 7.11 Å². The summed E-state index contributed by atoms with van der Waals surface area (Å²) < 4.78 is 39.4. The summed E-state index contributed by atoms with van der Waals surface area (Å²) in [6, 6.07) is 7.40. The molecule has 186 valence electrons. The first-order chi connectivity index (χ1) is 17.0. The SMILES string of the molecule is CCCC(=O)O[C@H]1c2cc3c(cc2[C@@H](c2cc(OC)c(OC)c(OC)c2)[C@H]2C(=O)OC[C@@H]21)OCO3. The van der Waals surface area contributed by atoms with Gasteiger partial charge in [0.1, 0.15) is 6.10 Å². The Bertz CT molecular complexity index is 1130. The first kappa shape index (κ1) is 23.1. The van der Waals surface area contributed by atoms with Crippen molar-refractivity contribution in [3.8, 4) is 28.7 Å². The van der Waals surface area contributed by atoms with Crippen LogP contribution < -0.4 is 23.7 Å². The van der Waals surface area contributed by atoms with Gasteiger partial charge in [0.15, 0.2) is 23.0 Å². The second-order valence-electron chi connectivity index (χ2n) is 8.75. The Labute approximate surface area is 203 Å². The molecule has 1 fully saturated rings. The summed E-state index contributed by atoms with van der Waals surface area (Å²) in [4.78, 5) is 25.7. The Hall–Kier alpha value is -3.62. The molecular weight excluding hydrogens is 456 g/mol. The van der Waals surface area contributed by atoms with E-state index in [1.54, 1.807) is 14.2 Å². The van der Waals surface area contributed by atoms with Crippen LogP contribution in [0, 0.1) is 11.8 Å². The predicted molar refractivity (Wildman–Crippen MR) is 122 cm³/mol. The van der Waals surface area contributed by atoms with Crippen LogP contribution in [0.4, 0.5) is 0 Å². The Morgan fingerprint density at radius 1 is 0.943 bits per heavy atom. The molecule has 4 atom stereocenters. The van der Waals surface area contributed by atoms with Gasteiger partial charge in [0.2, 0.25) is 12.5 Å². The van der Waals surface area contributed by atoms with Crippen molar-refractivity contribution in [1.29, 1.82) is 0 Å². The number of cyclic esters (lactones) is 1. The van der Waals surface area contributed by atoms with Gasteiger partial charge in [0.05, 0.1) is 33.9 Å². The molecule has 2 aromatic carbocycles. The molecule has 1 saturated heterocycles. The Balaban J connectivity index is 1.71. The van der Waals surface area contributed by atoms with Gasteiger partial charge in [-0.1, -0.05) is 6.92 Å². The van der Waals surface area contributed by atoms with Crippen molar-refractivity contribution in [2.75, 3.05) is 34.7 Å². The summed E-state index contributed by atoms with van der Waals surface area (Å²) in [5.41, 5.74) is 2.36. The summed E-state index contributed by atoms with van der Waals surface area (Å²) in [6.45, 7) is 2.17. The van der Waals surface area contributed by atoms with Crippen molar-refractivity contribution in [2.45, 2.75) is 31.8 Å². The minimum absolute atomic E-state index is 0.0995. The van der Waals surface area contributed by atoms with Gasteiger partial charge in [-0.2, -0.15) is 0 Å². The summed E-state index contributed by atoms with van der Waals surface area (Å²) >= 11 is 0. The predicted octanol–water partition coefficient (Wildman–Crippen LogP) is 3.76. The molecule has 0 amide bonds. The number of methoxy groups -OCH3 is 3. The van der Waals surface area contributed by atoms with E-state index in [1.807, 2.05) is 31.2 Å². The highest BCUT2D eigenvalue weighted by molar-refractivity contribution is 5.79. The van der Waals surface area contributed by atoms with Gasteiger partial charge in [-0.05, 0) is 41.8 Å². The Kier molecular flexibility index (Phi) is 6.08. The number of rotatable bonds is 7. The van der Waals surface area contributed by atoms with Gasteiger partial charge >= 0.3 is 11.9 Å². The van der Waals surface area contributed by atoms with Crippen molar-refractivity contribution in [3.05, 3.63) is 41.0 Å². The lowest BCUT2D eigenvalue weighted by Gasteiger charge is -2.38. The maximum absolute atomic E-state index is 13.1. The number of hydrogen-bond donors (Lipinski definition) is 0. The standard InChI is InChI=1S/C26H28O9/c1-5-6-21(27)35-24-15-10-18-17(33-12-34-18)9-14(15)22(23-16(24)11-32-26(23)28)13-7-19(29-2)25(31-4)20(8-13)30-3/h7-10,16,22-24H,5-6,11-12H2,1-4H3/t16-,22+,23-,24-/m0/s1. The highest BCUT2D eigenvalue weighted by Crippen LogP contribution is 2.56. The van der Waals surface area contributed by atoms with E-state index in [9.17, 15) is 9.59 Å². The zero-order valence-electron chi connectivity index (χ0n) is 20.1. The fraction of sp³-hybridized carbons (Fsp3) is 0.462. The smallest absolute Gasteiger partial charge is 0.310 e. The molecule has 35 heavy (non-hydrogen) atoms. The fourth-order valence-electron chi connectivity index (χ4n) is 5.35. The van der Waals surface area contributed by atoms with Gasteiger partial charge in [-0.15, -0.1) is 0 Å². The molecule has 2 heterocycles. The van der Waals surface area contributed by atoms with Crippen LogP contribution in [0.1, 0.15) is 48.5 Å². The molecule has 0 radical (unpaired) electrons. The zero-order chi connectivity index (χ0) is 24.7. The summed E-state index contributed by atoms with van der Waals surface area (Å²) in [6.07, 6.45) is 0.309. The van der Waals surface area contributed by atoms with Crippen LogP contribution in [0.25, 0.3) is 0 Å². The molecule has 0 bridgehead atoms. The van der Waals surface area contributed by atoms with Crippen molar-refractivity contribution in [3.63, 3.8) is 0 Å². The lowest BCUT2D eigenvalue weighted by atomic mass is 9.66. The van der Waals surface area contributed by atoms with Crippen LogP contribution in [0.5, 0.6) is 28.7 Å². The number of esters is 2. The third-order valence-electron chi connectivity index (χ3n) is 6.88. The highest BCUT2D eigenvalue weighted by atomic mass is 16.7. The Morgan fingerprint density at radius 3 is 2.20 bits per heavy atom. The maximum atomic E-state index is 13.1. The van der Waals surface area contributed by atoms with Crippen molar-refractivity contribution in [1.82, 2.24) is 0 Å². The van der Waals surface area contributed by atoms with E-state index in [4.69, 9.17) is 33.2 Å². The molecule has 2 aliphatic heterocycles. The number of carbonyl (C=O) groups is 2. The summed E-state index contributed by atoms with van der Waals surface area (Å²) in [5, 5.41) is 0. The van der Waals surface area contributed by atoms with Crippen molar-refractivity contribution >= 4 is 11.9 Å². The maximum Gasteiger partial charge on any atom is 0.310 e. The van der Waals surface area contributed by atoms with E-state index in [0.717, 1.165) is 16.7 Å². The first-order valence-corrected chi connectivity index (χ1v) is 11.6. The minimum Gasteiger partial charge on any atom is -0.493 e.